The minimum absolute atomic E-state index is 0.0649. The molecule has 5 nitrogen and oxygen atoms in total. The van der Waals surface area contributed by atoms with Gasteiger partial charge in [-0.1, -0.05) is 55.1 Å². The van der Waals surface area contributed by atoms with Crippen LogP contribution in [-0.4, -0.2) is 26.4 Å². The van der Waals surface area contributed by atoms with Crippen molar-refractivity contribution in [3.8, 4) is 11.4 Å². The quantitative estimate of drug-likeness (QED) is 0.520. The van der Waals surface area contributed by atoms with Gasteiger partial charge in [-0.25, -0.2) is 4.39 Å². The van der Waals surface area contributed by atoms with E-state index in [0.717, 1.165) is 24.8 Å². The van der Waals surface area contributed by atoms with Crippen LogP contribution in [0.4, 0.5) is 4.39 Å². The standard InChI is InChI=1S/C23H25FN4OS/c1-3-16-8-10-17(11-9-16)15(2)25-21(29)14-30-23-27-26-22(28(23)18-12-13-18)19-6-4-5-7-20(19)24/h4-11,15,18H,3,12-14H2,1-2H3,(H,25,29). The summed E-state index contributed by atoms with van der Waals surface area (Å²) in [5, 5.41) is 12.2. The molecular formula is C23H25FN4OS. The van der Waals surface area contributed by atoms with Crippen LogP contribution in [0.1, 0.15) is 49.9 Å². The molecule has 1 heterocycles. The number of nitrogens with zero attached hydrogens (tertiary/aromatic N) is 3. The highest BCUT2D eigenvalue weighted by molar-refractivity contribution is 7.99. The van der Waals surface area contributed by atoms with E-state index >= 15 is 0 Å². The summed E-state index contributed by atoms with van der Waals surface area (Å²) in [5.41, 5.74) is 2.80. The van der Waals surface area contributed by atoms with Crippen LogP contribution < -0.4 is 5.32 Å². The largest absolute Gasteiger partial charge is 0.349 e. The maximum atomic E-state index is 14.3. The lowest BCUT2D eigenvalue weighted by atomic mass is 10.1. The Labute approximate surface area is 180 Å². The van der Waals surface area contributed by atoms with Crippen molar-refractivity contribution >= 4 is 17.7 Å². The molecule has 1 unspecified atom stereocenters. The minimum atomic E-state index is -0.316. The molecule has 7 heteroatoms. The second-order valence-corrected chi connectivity index (χ2v) is 8.50. The van der Waals surface area contributed by atoms with Gasteiger partial charge in [-0.3, -0.25) is 9.36 Å². The zero-order valence-corrected chi connectivity index (χ0v) is 18.0. The van der Waals surface area contributed by atoms with E-state index in [4.69, 9.17) is 0 Å². The Morgan fingerprint density at radius 1 is 1.20 bits per heavy atom. The van der Waals surface area contributed by atoms with E-state index in [-0.39, 0.29) is 29.6 Å². The molecule has 0 aliphatic heterocycles. The Morgan fingerprint density at radius 2 is 1.93 bits per heavy atom. The first-order valence-electron chi connectivity index (χ1n) is 10.3. The van der Waals surface area contributed by atoms with Gasteiger partial charge in [-0.05, 0) is 49.4 Å². The van der Waals surface area contributed by atoms with Gasteiger partial charge in [0.2, 0.25) is 5.91 Å². The van der Waals surface area contributed by atoms with Crippen LogP contribution >= 0.6 is 11.8 Å². The molecule has 1 fully saturated rings. The van der Waals surface area contributed by atoms with E-state index < -0.39 is 0 Å². The number of rotatable bonds is 8. The van der Waals surface area contributed by atoms with Gasteiger partial charge in [-0.2, -0.15) is 0 Å². The number of aromatic nitrogens is 3. The van der Waals surface area contributed by atoms with Gasteiger partial charge < -0.3 is 5.32 Å². The van der Waals surface area contributed by atoms with Gasteiger partial charge in [0.05, 0.1) is 17.4 Å². The van der Waals surface area contributed by atoms with Crippen LogP contribution in [0.5, 0.6) is 0 Å². The van der Waals surface area contributed by atoms with E-state index in [1.54, 1.807) is 18.2 Å². The van der Waals surface area contributed by atoms with Crippen LogP contribution in [-0.2, 0) is 11.2 Å². The molecular weight excluding hydrogens is 399 g/mol. The molecule has 30 heavy (non-hydrogen) atoms. The van der Waals surface area contributed by atoms with Crippen LogP contribution in [0, 0.1) is 5.82 Å². The fraction of sp³-hybridized carbons (Fsp3) is 0.348. The van der Waals surface area contributed by atoms with E-state index in [9.17, 15) is 9.18 Å². The van der Waals surface area contributed by atoms with Crippen molar-refractivity contribution in [2.45, 2.75) is 50.4 Å². The molecule has 0 radical (unpaired) electrons. The van der Waals surface area contributed by atoms with Crippen LogP contribution in [0.25, 0.3) is 11.4 Å². The smallest absolute Gasteiger partial charge is 0.230 e. The highest BCUT2D eigenvalue weighted by Gasteiger charge is 2.31. The van der Waals surface area contributed by atoms with Crippen molar-refractivity contribution in [3.05, 3.63) is 65.5 Å². The average Bonchev–Trinajstić information content (AvgIpc) is 3.52. The summed E-state index contributed by atoms with van der Waals surface area (Å²) < 4.78 is 16.2. The second kappa shape index (κ2) is 9.00. The maximum absolute atomic E-state index is 14.3. The monoisotopic (exact) mass is 424 g/mol. The lowest BCUT2D eigenvalue weighted by Crippen LogP contribution is -2.28. The summed E-state index contributed by atoms with van der Waals surface area (Å²) in [4.78, 5) is 12.5. The van der Waals surface area contributed by atoms with Crippen molar-refractivity contribution in [3.63, 3.8) is 0 Å². The summed E-state index contributed by atoms with van der Waals surface area (Å²) in [6.07, 6.45) is 3.03. The average molecular weight is 425 g/mol. The molecule has 4 rings (SSSR count). The number of thioether (sulfide) groups is 1. The predicted octanol–water partition coefficient (Wildman–Crippen LogP) is 4.95. The number of halogens is 1. The molecule has 3 aromatic rings. The molecule has 0 spiro atoms. The van der Waals surface area contributed by atoms with E-state index in [2.05, 4.69) is 46.7 Å². The lowest BCUT2D eigenvalue weighted by Gasteiger charge is -2.15. The van der Waals surface area contributed by atoms with Crippen molar-refractivity contribution in [2.24, 2.45) is 0 Å². The third-order valence-corrected chi connectivity index (χ3v) is 6.23. The molecule has 1 aromatic heterocycles. The molecule has 0 bridgehead atoms. The Balaban J connectivity index is 1.42. The fourth-order valence-electron chi connectivity index (χ4n) is 3.40. The van der Waals surface area contributed by atoms with Crippen LogP contribution in [0.15, 0.2) is 53.7 Å². The molecule has 1 atom stereocenters. The van der Waals surface area contributed by atoms with Gasteiger partial charge in [0.15, 0.2) is 11.0 Å². The third kappa shape index (κ3) is 4.56. The number of carbonyl (C=O) groups is 1. The molecule has 2 aromatic carbocycles. The molecule has 156 valence electrons. The fourth-order valence-corrected chi connectivity index (χ4v) is 4.22. The van der Waals surface area contributed by atoms with Crippen molar-refractivity contribution < 1.29 is 9.18 Å². The summed E-state index contributed by atoms with van der Waals surface area (Å²) in [6.45, 7) is 4.10. The summed E-state index contributed by atoms with van der Waals surface area (Å²) in [7, 11) is 0. The van der Waals surface area contributed by atoms with E-state index in [1.807, 2.05) is 11.5 Å². The highest BCUT2D eigenvalue weighted by Crippen LogP contribution is 2.41. The minimum Gasteiger partial charge on any atom is -0.349 e. The van der Waals surface area contributed by atoms with Crippen LogP contribution in [0.2, 0.25) is 0 Å². The first-order chi connectivity index (χ1) is 14.6. The Morgan fingerprint density at radius 3 is 2.60 bits per heavy atom. The predicted molar refractivity (Wildman–Crippen MR) is 117 cm³/mol. The van der Waals surface area contributed by atoms with Crippen molar-refractivity contribution in [1.82, 2.24) is 20.1 Å². The maximum Gasteiger partial charge on any atom is 0.230 e. The number of nitrogens with one attached hydrogen (secondary N) is 1. The summed E-state index contributed by atoms with van der Waals surface area (Å²) >= 11 is 1.34. The number of amides is 1. The Hall–Kier alpha value is -2.67. The van der Waals surface area contributed by atoms with E-state index in [1.165, 1.54) is 23.4 Å². The summed E-state index contributed by atoms with van der Waals surface area (Å²) in [5.74, 6) is 0.385. The normalized spacial score (nSPS) is 14.5. The number of carbonyl (C=O) groups excluding carboxylic acids is 1. The number of hydrogen-bond acceptors (Lipinski definition) is 4. The zero-order valence-electron chi connectivity index (χ0n) is 17.1. The Kier molecular flexibility index (Phi) is 6.18. The van der Waals surface area contributed by atoms with Gasteiger partial charge in [0, 0.05) is 6.04 Å². The number of hydrogen-bond donors (Lipinski definition) is 1. The summed E-state index contributed by atoms with van der Waals surface area (Å²) in [6, 6.07) is 15.1. The van der Waals surface area contributed by atoms with Gasteiger partial charge in [0.1, 0.15) is 5.82 Å². The lowest BCUT2D eigenvalue weighted by molar-refractivity contribution is -0.119. The van der Waals surface area contributed by atoms with E-state index in [0.29, 0.717) is 16.5 Å². The molecule has 0 saturated heterocycles. The van der Waals surface area contributed by atoms with Gasteiger partial charge in [0.25, 0.3) is 0 Å². The highest BCUT2D eigenvalue weighted by atomic mass is 32.2. The number of aryl methyl sites for hydroxylation is 1. The number of benzene rings is 2. The topological polar surface area (TPSA) is 59.8 Å². The molecule has 1 aliphatic carbocycles. The molecule has 1 N–H and O–H groups in total. The van der Waals surface area contributed by atoms with Crippen molar-refractivity contribution in [1.29, 1.82) is 0 Å². The van der Waals surface area contributed by atoms with Gasteiger partial charge >= 0.3 is 0 Å². The Bertz CT molecular complexity index is 1030. The first kappa shape index (κ1) is 20.6. The first-order valence-corrected chi connectivity index (χ1v) is 11.3. The van der Waals surface area contributed by atoms with Gasteiger partial charge in [-0.15, -0.1) is 10.2 Å². The van der Waals surface area contributed by atoms with Crippen LogP contribution in [0.3, 0.4) is 0 Å². The molecule has 1 saturated carbocycles. The molecule has 1 amide bonds. The second-order valence-electron chi connectivity index (χ2n) is 7.56. The SMILES string of the molecule is CCc1ccc(C(C)NC(=O)CSc2nnc(-c3ccccc3F)n2C2CC2)cc1. The van der Waals surface area contributed by atoms with Crippen molar-refractivity contribution in [2.75, 3.05) is 5.75 Å². The molecule has 1 aliphatic rings. The third-order valence-electron chi connectivity index (χ3n) is 5.29. The zero-order chi connectivity index (χ0) is 21.1.